The Kier molecular flexibility index (Phi) is 4.62. The highest BCUT2D eigenvalue weighted by Crippen LogP contribution is 2.31. The number of aliphatic imine (C=N–C) groups is 1. The first-order valence-electron chi connectivity index (χ1n) is 6.93. The molecule has 0 aromatic heterocycles. The van der Waals surface area contributed by atoms with Gasteiger partial charge in [0.2, 0.25) is 0 Å². The van der Waals surface area contributed by atoms with E-state index >= 15 is 0 Å². The van der Waals surface area contributed by atoms with Crippen LogP contribution in [-0.2, 0) is 6.42 Å². The highest BCUT2D eigenvalue weighted by Gasteiger charge is 2.19. The molecule has 0 saturated carbocycles. The number of guanidine groups is 1. The Morgan fingerprint density at radius 3 is 3.11 bits per heavy atom. The van der Waals surface area contributed by atoms with Gasteiger partial charge in [-0.2, -0.15) is 0 Å². The second-order valence-electron chi connectivity index (χ2n) is 4.94. The molecule has 3 N–H and O–H groups in total. The first-order valence-corrected chi connectivity index (χ1v) is 6.93. The summed E-state index contributed by atoms with van der Waals surface area (Å²) in [5.41, 5.74) is 8.79. The zero-order chi connectivity index (χ0) is 12.8. The third-order valence-corrected chi connectivity index (χ3v) is 3.53. The molecule has 0 spiro atoms. The fraction of sp³-hybridized carbons (Fsp3) is 0.533. The van der Waals surface area contributed by atoms with Crippen LogP contribution in [0, 0.1) is 0 Å². The average Bonchev–Trinajstić information content (AvgIpc) is 2.42. The molecule has 0 bridgehead atoms. The Hall–Kier alpha value is -1.51. The summed E-state index contributed by atoms with van der Waals surface area (Å²) in [6, 6.07) is 8.73. The maximum atomic E-state index is 5.84. The van der Waals surface area contributed by atoms with E-state index in [9.17, 15) is 0 Å². The lowest BCUT2D eigenvalue weighted by Crippen LogP contribution is -2.32. The van der Waals surface area contributed by atoms with Crippen LogP contribution in [-0.4, -0.2) is 19.0 Å². The van der Waals surface area contributed by atoms with E-state index in [0.29, 0.717) is 11.9 Å². The number of fused-ring (bicyclic) bond motifs is 1. The first kappa shape index (κ1) is 12.9. The summed E-state index contributed by atoms with van der Waals surface area (Å²) in [6.45, 7) is 3.83. The van der Waals surface area contributed by atoms with Crippen LogP contribution in [0.4, 0.5) is 0 Å². The van der Waals surface area contributed by atoms with Gasteiger partial charge >= 0.3 is 0 Å². The number of aryl methyl sites for hydroxylation is 1. The van der Waals surface area contributed by atoms with Gasteiger partial charge in [0.25, 0.3) is 0 Å². The third-order valence-electron chi connectivity index (χ3n) is 3.53. The number of benzene rings is 1. The molecular formula is C15H23N3. The van der Waals surface area contributed by atoms with E-state index in [2.05, 4.69) is 41.5 Å². The molecule has 0 aliphatic heterocycles. The predicted molar refractivity (Wildman–Crippen MR) is 76.9 cm³/mol. The van der Waals surface area contributed by atoms with Gasteiger partial charge in [0.05, 0.1) is 0 Å². The Balaban J connectivity index is 1.99. The van der Waals surface area contributed by atoms with Crippen molar-refractivity contribution in [2.45, 2.75) is 38.5 Å². The van der Waals surface area contributed by atoms with Gasteiger partial charge in [-0.1, -0.05) is 31.2 Å². The van der Waals surface area contributed by atoms with E-state index in [1.807, 2.05) is 0 Å². The first-order chi connectivity index (χ1) is 8.81. The summed E-state index contributed by atoms with van der Waals surface area (Å²) < 4.78 is 0. The molecule has 98 valence electrons. The number of nitrogens with zero attached hydrogens (tertiary/aromatic N) is 1. The van der Waals surface area contributed by atoms with Gasteiger partial charge in [-0.15, -0.1) is 0 Å². The van der Waals surface area contributed by atoms with E-state index in [-0.39, 0.29) is 0 Å². The molecule has 0 radical (unpaired) electrons. The van der Waals surface area contributed by atoms with E-state index in [0.717, 1.165) is 19.5 Å². The van der Waals surface area contributed by atoms with Crippen molar-refractivity contribution in [1.82, 2.24) is 5.32 Å². The Morgan fingerprint density at radius 1 is 1.44 bits per heavy atom. The van der Waals surface area contributed by atoms with Crippen molar-refractivity contribution in [3.63, 3.8) is 0 Å². The van der Waals surface area contributed by atoms with Crippen LogP contribution in [0.3, 0.4) is 0 Å². The van der Waals surface area contributed by atoms with Crippen molar-refractivity contribution in [1.29, 1.82) is 0 Å². The van der Waals surface area contributed by atoms with Crippen LogP contribution in [0.25, 0.3) is 0 Å². The minimum absolute atomic E-state index is 0.539. The number of rotatable bonds is 4. The molecule has 18 heavy (non-hydrogen) atoms. The summed E-state index contributed by atoms with van der Waals surface area (Å²) in [5.74, 6) is 1.12. The standard InChI is InChI=1S/C15H23N3/c1-2-10-17-15(16)18-11-13-8-5-7-12-6-3-4-9-14(12)13/h3-4,6,9,13H,2,5,7-8,10-11H2,1H3,(H3,16,17,18). The number of nitrogens with two attached hydrogens (primary N) is 1. The average molecular weight is 245 g/mol. The zero-order valence-corrected chi connectivity index (χ0v) is 11.2. The van der Waals surface area contributed by atoms with E-state index in [1.165, 1.54) is 30.4 Å². The van der Waals surface area contributed by atoms with Gasteiger partial charge < -0.3 is 11.1 Å². The number of hydrogen-bond acceptors (Lipinski definition) is 1. The van der Waals surface area contributed by atoms with Crippen molar-refractivity contribution in [3.05, 3.63) is 35.4 Å². The lowest BCUT2D eigenvalue weighted by molar-refractivity contribution is 0.560. The highest BCUT2D eigenvalue weighted by molar-refractivity contribution is 5.77. The Morgan fingerprint density at radius 2 is 2.28 bits per heavy atom. The Labute approximate surface area is 109 Å². The molecule has 0 heterocycles. The molecule has 2 rings (SSSR count). The lowest BCUT2D eigenvalue weighted by Gasteiger charge is -2.24. The molecule has 0 amide bonds. The van der Waals surface area contributed by atoms with Gasteiger partial charge in [-0.05, 0) is 36.8 Å². The molecular weight excluding hydrogens is 222 g/mol. The molecule has 3 heteroatoms. The molecule has 1 aromatic carbocycles. The molecule has 0 saturated heterocycles. The molecule has 1 aromatic rings. The van der Waals surface area contributed by atoms with E-state index in [1.54, 1.807) is 0 Å². The van der Waals surface area contributed by atoms with Gasteiger partial charge in [-0.25, -0.2) is 0 Å². The van der Waals surface area contributed by atoms with Crippen LogP contribution < -0.4 is 11.1 Å². The summed E-state index contributed by atoms with van der Waals surface area (Å²) in [7, 11) is 0. The molecule has 1 unspecified atom stereocenters. The second kappa shape index (κ2) is 6.43. The van der Waals surface area contributed by atoms with E-state index in [4.69, 9.17) is 5.73 Å². The van der Waals surface area contributed by atoms with Crippen LogP contribution in [0.2, 0.25) is 0 Å². The number of nitrogens with one attached hydrogen (secondary N) is 1. The zero-order valence-electron chi connectivity index (χ0n) is 11.2. The van der Waals surface area contributed by atoms with Crippen molar-refractivity contribution in [2.75, 3.05) is 13.1 Å². The van der Waals surface area contributed by atoms with Gasteiger partial charge in [0.1, 0.15) is 0 Å². The van der Waals surface area contributed by atoms with Crippen molar-refractivity contribution >= 4 is 5.96 Å². The smallest absolute Gasteiger partial charge is 0.188 e. The van der Waals surface area contributed by atoms with Crippen molar-refractivity contribution < 1.29 is 0 Å². The second-order valence-corrected chi connectivity index (χ2v) is 4.94. The molecule has 0 fully saturated rings. The van der Waals surface area contributed by atoms with Crippen LogP contribution in [0.5, 0.6) is 0 Å². The van der Waals surface area contributed by atoms with Gasteiger partial charge in [0, 0.05) is 19.0 Å². The van der Waals surface area contributed by atoms with Gasteiger partial charge in [0.15, 0.2) is 5.96 Å². The number of hydrogen-bond donors (Lipinski definition) is 2. The molecule has 1 aliphatic carbocycles. The summed E-state index contributed by atoms with van der Waals surface area (Å²) in [6.07, 6.45) is 4.77. The molecule has 1 atom stereocenters. The third kappa shape index (κ3) is 3.25. The highest BCUT2D eigenvalue weighted by atomic mass is 15.1. The topological polar surface area (TPSA) is 50.4 Å². The summed E-state index contributed by atoms with van der Waals surface area (Å²) in [5, 5.41) is 3.12. The maximum absolute atomic E-state index is 5.84. The molecule has 1 aliphatic rings. The normalized spacial score (nSPS) is 19.4. The van der Waals surface area contributed by atoms with Crippen LogP contribution in [0.1, 0.15) is 43.2 Å². The fourth-order valence-electron chi connectivity index (χ4n) is 2.56. The maximum Gasteiger partial charge on any atom is 0.188 e. The van der Waals surface area contributed by atoms with Crippen molar-refractivity contribution in [2.24, 2.45) is 10.7 Å². The van der Waals surface area contributed by atoms with Crippen LogP contribution >= 0.6 is 0 Å². The Bertz CT molecular complexity index is 412. The molecule has 3 nitrogen and oxygen atoms in total. The fourth-order valence-corrected chi connectivity index (χ4v) is 2.56. The quantitative estimate of drug-likeness (QED) is 0.632. The monoisotopic (exact) mass is 245 g/mol. The van der Waals surface area contributed by atoms with E-state index < -0.39 is 0 Å². The minimum atomic E-state index is 0.539. The van der Waals surface area contributed by atoms with Crippen LogP contribution in [0.15, 0.2) is 29.3 Å². The summed E-state index contributed by atoms with van der Waals surface area (Å²) >= 11 is 0. The van der Waals surface area contributed by atoms with Crippen molar-refractivity contribution in [3.8, 4) is 0 Å². The predicted octanol–water partition coefficient (Wildman–Crippen LogP) is 2.42. The summed E-state index contributed by atoms with van der Waals surface area (Å²) in [4.78, 5) is 4.47. The SMILES string of the molecule is CCCNC(N)=NCC1CCCc2ccccc21. The van der Waals surface area contributed by atoms with Gasteiger partial charge in [-0.3, -0.25) is 4.99 Å². The lowest BCUT2D eigenvalue weighted by atomic mass is 9.83. The minimum Gasteiger partial charge on any atom is -0.370 e. The largest absolute Gasteiger partial charge is 0.370 e.